The molecule has 3 unspecified atom stereocenters. The number of nitrogens with zero attached hydrogens (tertiary/aromatic N) is 2. The van der Waals surface area contributed by atoms with Gasteiger partial charge in [0.2, 0.25) is 0 Å². The van der Waals surface area contributed by atoms with E-state index in [0.29, 0.717) is 12.0 Å². The summed E-state index contributed by atoms with van der Waals surface area (Å²) in [5.74, 6) is 4.22. The fourth-order valence-electron chi connectivity index (χ4n) is 3.58. The molecule has 4 nitrogen and oxygen atoms in total. The Morgan fingerprint density at radius 2 is 2.55 bits per heavy atom. The number of hydrogen-bond donors (Lipinski definition) is 1. The Labute approximate surface area is 125 Å². The lowest BCUT2D eigenvalue weighted by Gasteiger charge is -2.40. The Bertz CT molecular complexity index is 442. The van der Waals surface area contributed by atoms with E-state index in [4.69, 9.17) is 4.74 Å². The summed E-state index contributed by atoms with van der Waals surface area (Å²) < 4.78 is 8.31. The van der Waals surface area contributed by atoms with Crippen LogP contribution in [0.5, 0.6) is 0 Å². The minimum atomic E-state index is 0.145. The molecule has 0 bridgehead atoms. The lowest BCUT2D eigenvalue weighted by Crippen LogP contribution is -2.44. The predicted octanol–water partition coefficient (Wildman–Crippen LogP) is 2.37. The Morgan fingerprint density at radius 1 is 1.65 bits per heavy atom. The molecule has 0 saturated carbocycles. The van der Waals surface area contributed by atoms with Crippen LogP contribution in [0.15, 0.2) is 12.4 Å². The molecule has 1 aromatic rings. The van der Waals surface area contributed by atoms with Crippen molar-refractivity contribution < 1.29 is 4.74 Å². The molecule has 5 heteroatoms. The molecule has 2 aliphatic rings. The summed E-state index contributed by atoms with van der Waals surface area (Å²) in [6.45, 7) is 4.06. The van der Waals surface area contributed by atoms with Crippen LogP contribution >= 0.6 is 11.8 Å². The molecular formula is C15H25N3OS. The first kappa shape index (κ1) is 14.4. The largest absolute Gasteiger partial charge is 0.374 e. The predicted molar refractivity (Wildman–Crippen MR) is 83.0 cm³/mol. The fraction of sp³-hybridized carbons (Fsp3) is 0.800. The van der Waals surface area contributed by atoms with E-state index < -0.39 is 0 Å². The topological polar surface area (TPSA) is 39.1 Å². The summed E-state index contributed by atoms with van der Waals surface area (Å²) in [5.41, 5.74) is 0.145. The summed E-state index contributed by atoms with van der Waals surface area (Å²) in [4.78, 5) is 4.58. The molecule has 20 heavy (non-hydrogen) atoms. The van der Waals surface area contributed by atoms with E-state index in [0.717, 1.165) is 19.6 Å². The highest BCUT2D eigenvalue weighted by molar-refractivity contribution is 7.99. The Balaban J connectivity index is 1.79. The van der Waals surface area contributed by atoms with E-state index >= 15 is 0 Å². The zero-order chi connectivity index (χ0) is 14.0. The third kappa shape index (κ3) is 2.76. The second-order valence-electron chi connectivity index (χ2n) is 6.02. The average molecular weight is 295 g/mol. The molecule has 2 aliphatic heterocycles. The van der Waals surface area contributed by atoms with Crippen LogP contribution in [0.4, 0.5) is 0 Å². The number of aromatic nitrogens is 2. The van der Waals surface area contributed by atoms with E-state index in [1.54, 1.807) is 0 Å². The van der Waals surface area contributed by atoms with Gasteiger partial charge < -0.3 is 14.6 Å². The standard InChI is InChI=1S/C15H25N3OS/c1-3-16-13(14-17-6-7-18(14)2)12-4-8-19-15(10-12)5-9-20-11-15/h6-7,12-13,16H,3-5,8-11H2,1-2H3. The number of ether oxygens (including phenoxy) is 1. The number of thioether (sulfide) groups is 1. The first-order valence-corrected chi connectivity index (χ1v) is 8.82. The lowest BCUT2D eigenvalue weighted by atomic mass is 9.81. The quantitative estimate of drug-likeness (QED) is 0.925. The molecule has 3 rings (SSSR count). The Hall–Kier alpha value is -0.520. The van der Waals surface area contributed by atoms with Gasteiger partial charge in [-0.05, 0) is 37.5 Å². The molecule has 1 N–H and O–H groups in total. The van der Waals surface area contributed by atoms with Crippen molar-refractivity contribution in [2.45, 2.75) is 37.8 Å². The van der Waals surface area contributed by atoms with Gasteiger partial charge in [-0.1, -0.05) is 6.92 Å². The maximum Gasteiger partial charge on any atom is 0.125 e. The van der Waals surface area contributed by atoms with Crippen molar-refractivity contribution >= 4 is 11.8 Å². The second-order valence-corrected chi connectivity index (χ2v) is 7.12. The van der Waals surface area contributed by atoms with Gasteiger partial charge in [0, 0.05) is 31.8 Å². The van der Waals surface area contributed by atoms with Crippen LogP contribution in [0.1, 0.15) is 38.1 Å². The fourth-order valence-corrected chi connectivity index (χ4v) is 4.96. The average Bonchev–Trinajstić information content (AvgIpc) is 3.06. The highest BCUT2D eigenvalue weighted by atomic mass is 32.2. The molecule has 0 amide bonds. The molecule has 0 radical (unpaired) electrons. The molecule has 112 valence electrons. The minimum absolute atomic E-state index is 0.145. The summed E-state index contributed by atoms with van der Waals surface area (Å²) in [5, 5.41) is 3.66. The minimum Gasteiger partial charge on any atom is -0.374 e. The maximum absolute atomic E-state index is 6.16. The van der Waals surface area contributed by atoms with Gasteiger partial charge in [0.05, 0.1) is 11.6 Å². The SMILES string of the molecule is CCNC(c1nccn1C)C1CCOC2(CCSC2)C1. The molecule has 3 heterocycles. The van der Waals surface area contributed by atoms with Gasteiger partial charge in [0.25, 0.3) is 0 Å². The molecule has 2 fully saturated rings. The summed E-state index contributed by atoms with van der Waals surface area (Å²) >= 11 is 2.04. The normalized spacial score (nSPS) is 31.8. The molecular weight excluding hydrogens is 270 g/mol. The number of nitrogens with one attached hydrogen (secondary N) is 1. The molecule has 0 aliphatic carbocycles. The molecule has 1 spiro atoms. The summed E-state index contributed by atoms with van der Waals surface area (Å²) in [6, 6.07) is 0.353. The van der Waals surface area contributed by atoms with Crippen molar-refractivity contribution in [2.24, 2.45) is 13.0 Å². The number of hydrogen-bond acceptors (Lipinski definition) is 4. The van der Waals surface area contributed by atoms with Gasteiger partial charge in [-0.15, -0.1) is 0 Å². The van der Waals surface area contributed by atoms with E-state index in [1.165, 1.54) is 30.2 Å². The van der Waals surface area contributed by atoms with Gasteiger partial charge in [0.1, 0.15) is 5.82 Å². The van der Waals surface area contributed by atoms with Crippen molar-refractivity contribution in [1.29, 1.82) is 0 Å². The molecule has 2 saturated heterocycles. The first-order chi connectivity index (χ1) is 9.74. The summed E-state index contributed by atoms with van der Waals surface area (Å²) in [7, 11) is 2.09. The van der Waals surface area contributed by atoms with Crippen LogP contribution < -0.4 is 5.32 Å². The first-order valence-electron chi connectivity index (χ1n) is 7.66. The second kappa shape index (κ2) is 6.08. The molecule has 0 aromatic carbocycles. The third-order valence-corrected chi connectivity index (χ3v) is 5.85. The number of imidazole rings is 1. The zero-order valence-electron chi connectivity index (χ0n) is 12.5. The Morgan fingerprint density at radius 3 is 3.20 bits per heavy atom. The smallest absolute Gasteiger partial charge is 0.125 e. The molecule has 1 aromatic heterocycles. The van der Waals surface area contributed by atoms with Gasteiger partial charge in [-0.3, -0.25) is 0 Å². The van der Waals surface area contributed by atoms with Crippen LogP contribution in [0, 0.1) is 5.92 Å². The molecule has 3 atom stereocenters. The highest BCUT2D eigenvalue weighted by Gasteiger charge is 2.43. The monoisotopic (exact) mass is 295 g/mol. The van der Waals surface area contributed by atoms with E-state index in [9.17, 15) is 0 Å². The van der Waals surface area contributed by atoms with E-state index in [2.05, 4.69) is 28.8 Å². The maximum atomic E-state index is 6.16. The van der Waals surface area contributed by atoms with E-state index in [1.807, 2.05) is 24.2 Å². The van der Waals surface area contributed by atoms with Crippen molar-refractivity contribution in [3.8, 4) is 0 Å². The Kier molecular flexibility index (Phi) is 4.38. The van der Waals surface area contributed by atoms with Crippen LogP contribution in [-0.4, -0.2) is 39.8 Å². The van der Waals surface area contributed by atoms with Gasteiger partial charge >= 0.3 is 0 Å². The zero-order valence-corrected chi connectivity index (χ0v) is 13.3. The van der Waals surface area contributed by atoms with Crippen LogP contribution in [0.25, 0.3) is 0 Å². The summed E-state index contributed by atoms with van der Waals surface area (Å²) in [6.07, 6.45) is 7.47. The van der Waals surface area contributed by atoms with Gasteiger partial charge in [-0.2, -0.15) is 11.8 Å². The number of rotatable bonds is 4. The van der Waals surface area contributed by atoms with Gasteiger partial charge in [0.15, 0.2) is 0 Å². The third-order valence-electron chi connectivity index (χ3n) is 4.63. The van der Waals surface area contributed by atoms with Crippen LogP contribution in [0.3, 0.4) is 0 Å². The van der Waals surface area contributed by atoms with Crippen molar-refractivity contribution in [3.63, 3.8) is 0 Å². The highest BCUT2D eigenvalue weighted by Crippen LogP contribution is 2.43. The van der Waals surface area contributed by atoms with Crippen LogP contribution in [0.2, 0.25) is 0 Å². The van der Waals surface area contributed by atoms with Crippen molar-refractivity contribution in [3.05, 3.63) is 18.2 Å². The number of aryl methyl sites for hydroxylation is 1. The van der Waals surface area contributed by atoms with Crippen molar-refractivity contribution in [1.82, 2.24) is 14.9 Å². The van der Waals surface area contributed by atoms with Gasteiger partial charge in [-0.25, -0.2) is 4.98 Å². The van der Waals surface area contributed by atoms with Crippen LogP contribution in [-0.2, 0) is 11.8 Å². The van der Waals surface area contributed by atoms with E-state index in [-0.39, 0.29) is 5.60 Å². The van der Waals surface area contributed by atoms with Crippen molar-refractivity contribution in [2.75, 3.05) is 24.7 Å². The lowest BCUT2D eigenvalue weighted by molar-refractivity contribution is -0.0859.